The molecular formula is C19H26N2O2. The molecule has 2 heterocycles. The maximum atomic E-state index is 11.3. The zero-order chi connectivity index (χ0) is 16.4. The van der Waals surface area contributed by atoms with Gasteiger partial charge in [0.15, 0.2) is 0 Å². The van der Waals surface area contributed by atoms with Gasteiger partial charge >= 0.3 is 5.97 Å². The summed E-state index contributed by atoms with van der Waals surface area (Å²) in [6.45, 7) is 7.62. The molecule has 0 saturated carbocycles. The molecule has 2 aromatic rings. The van der Waals surface area contributed by atoms with Gasteiger partial charge in [0.25, 0.3) is 0 Å². The fourth-order valence-corrected chi connectivity index (χ4v) is 3.67. The largest absolute Gasteiger partial charge is 0.478 e. The average molecular weight is 314 g/mol. The Hall–Kier alpha value is -1.81. The Kier molecular flexibility index (Phi) is 4.71. The molecule has 1 N–H and O–H groups in total. The molecule has 23 heavy (non-hydrogen) atoms. The molecule has 0 unspecified atom stereocenters. The van der Waals surface area contributed by atoms with Crippen molar-refractivity contribution in [2.24, 2.45) is 0 Å². The molecule has 0 radical (unpaired) electrons. The SMILES string of the molecule is CC(C)n1c(CN2CCCCCC2)cc2ccc(C(=O)O)cc21. The lowest BCUT2D eigenvalue weighted by molar-refractivity contribution is 0.0697. The van der Waals surface area contributed by atoms with Crippen LogP contribution in [0.2, 0.25) is 0 Å². The van der Waals surface area contributed by atoms with Gasteiger partial charge in [-0.15, -0.1) is 0 Å². The van der Waals surface area contributed by atoms with Gasteiger partial charge in [-0.1, -0.05) is 18.9 Å². The molecule has 0 aliphatic carbocycles. The van der Waals surface area contributed by atoms with Gasteiger partial charge in [0, 0.05) is 23.8 Å². The van der Waals surface area contributed by atoms with E-state index in [4.69, 9.17) is 0 Å². The molecule has 1 fully saturated rings. The van der Waals surface area contributed by atoms with Crippen LogP contribution in [0, 0.1) is 0 Å². The normalized spacial score (nSPS) is 16.8. The monoisotopic (exact) mass is 314 g/mol. The minimum atomic E-state index is -0.863. The zero-order valence-corrected chi connectivity index (χ0v) is 14.1. The highest BCUT2D eigenvalue weighted by atomic mass is 16.4. The van der Waals surface area contributed by atoms with E-state index in [0.717, 1.165) is 17.4 Å². The molecule has 124 valence electrons. The number of aromatic nitrogens is 1. The number of hydrogen-bond acceptors (Lipinski definition) is 2. The quantitative estimate of drug-likeness (QED) is 0.915. The van der Waals surface area contributed by atoms with Crippen LogP contribution in [0.3, 0.4) is 0 Å². The molecule has 1 aromatic carbocycles. The highest BCUT2D eigenvalue weighted by Gasteiger charge is 2.17. The number of rotatable bonds is 4. The number of likely N-dealkylation sites (tertiary alicyclic amines) is 1. The van der Waals surface area contributed by atoms with Crippen molar-refractivity contribution in [1.82, 2.24) is 9.47 Å². The minimum Gasteiger partial charge on any atom is -0.478 e. The smallest absolute Gasteiger partial charge is 0.335 e. The first-order valence-electron chi connectivity index (χ1n) is 8.66. The van der Waals surface area contributed by atoms with Crippen molar-refractivity contribution in [3.8, 4) is 0 Å². The summed E-state index contributed by atoms with van der Waals surface area (Å²) in [6.07, 6.45) is 5.24. The van der Waals surface area contributed by atoms with Crippen LogP contribution in [0.1, 0.15) is 61.6 Å². The van der Waals surface area contributed by atoms with Gasteiger partial charge in [0.1, 0.15) is 0 Å². The predicted octanol–water partition coefficient (Wildman–Crippen LogP) is 4.30. The maximum absolute atomic E-state index is 11.3. The fourth-order valence-electron chi connectivity index (χ4n) is 3.67. The third-order valence-corrected chi connectivity index (χ3v) is 4.77. The summed E-state index contributed by atoms with van der Waals surface area (Å²) < 4.78 is 2.30. The van der Waals surface area contributed by atoms with Crippen molar-refractivity contribution in [3.63, 3.8) is 0 Å². The van der Waals surface area contributed by atoms with Crippen LogP contribution in [0.25, 0.3) is 10.9 Å². The number of benzene rings is 1. The van der Waals surface area contributed by atoms with E-state index in [0.29, 0.717) is 11.6 Å². The van der Waals surface area contributed by atoms with Gasteiger partial charge in [0.05, 0.1) is 5.56 Å². The number of fused-ring (bicyclic) bond motifs is 1. The van der Waals surface area contributed by atoms with Crippen LogP contribution in [0.4, 0.5) is 0 Å². The Morgan fingerprint density at radius 2 is 1.83 bits per heavy atom. The van der Waals surface area contributed by atoms with E-state index in [1.807, 2.05) is 12.1 Å². The molecule has 1 aliphatic heterocycles. The van der Waals surface area contributed by atoms with E-state index in [9.17, 15) is 9.90 Å². The van der Waals surface area contributed by atoms with Crippen LogP contribution < -0.4 is 0 Å². The summed E-state index contributed by atoms with van der Waals surface area (Å²) in [5, 5.41) is 10.4. The number of hydrogen-bond donors (Lipinski definition) is 1. The molecule has 0 bridgehead atoms. The summed E-state index contributed by atoms with van der Waals surface area (Å²) >= 11 is 0. The number of aromatic carboxylic acids is 1. The lowest BCUT2D eigenvalue weighted by atomic mass is 10.1. The van der Waals surface area contributed by atoms with Crippen LogP contribution in [-0.2, 0) is 6.54 Å². The average Bonchev–Trinajstić information content (AvgIpc) is 2.66. The van der Waals surface area contributed by atoms with Gasteiger partial charge in [0.2, 0.25) is 0 Å². The molecular weight excluding hydrogens is 288 g/mol. The predicted molar refractivity (Wildman–Crippen MR) is 93.0 cm³/mol. The van der Waals surface area contributed by atoms with E-state index in [-0.39, 0.29) is 0 Å². The standard InChI is InChI=1S/C19H26N2O2/c1-14(2)21-17(13-20-9-5-3-4-6-10-20)11-15-7-8-16(19(22)23)12-18(15)21/h7-8,11-12,14H,3-6,9-10,13H2,1-2H3,(H,22,23). The molecule has 4 nitrogen and oxygen atoms in total. The van der Waals surface area contributed by atoms with Gasteiger partial charge < -0.3 is 9.67 Å². The second-order valence-corrected chi connectivity index (χ2v) is 6.87. The molecule has 1 aromatic heterocycles. The number of carboxylic acid groups (broad SMARTS) is 1. The van der Waals surface area contributed by atoms with E-state index >= 15 is 0 Å². The Bertz CT molecular complexity index is 695. The number of nitrogens with zero attached hydrogens (tertiary/aromatic N) is 2. The summed E-state index contributed by atoms with van der Waals surface area (Å²) in [5.41, 5.74) is 2.68. The van der Waals surface area contributed by atoms with Crippen molar-refractivity contribution < 1.29 is 9.90 Å². The van der Waals surface area contributed by atoms with Crippen molar-refractivity contribution in [2.45, 2.75) is 52.1 Å². The summed E-state index contributed by atoms with van der Waals surface area (Å²) in [4.78, 5) is 13.8. The third kappa shape index (κ3) is 3.42. The minimum absolute atomic E-state index is 0.318. The molecule has 4 heteroatoms. The lowest BCUT2D eigenvalue weighted by Gasteiger charge is -2.22. The zero-order valence-electron chi connectivity index (χ0n) is 14.1. The molecule has 0 amide bonds. The van der Waals surface area contributed by atoms with E-state index < -0.39 is 5.97 Å². The molecule has 1 saturated heterocycles. The maximum Gasteiger partial charge on any atom is 0.335 e. The van der Waals surface area contributed by atoms with Gasteiger partial charge in [-0.25, -0.2) is 4.79 Å². The van der Waals surface area contributed by atoms with Crippen molar-refractivity contribution in [1.29, 1.82) is 0 Å². The highest BCUT2D eigenvalue weighted by Crippen LogP contribution is 2.27. The molecule has 1 aliphatic rings. The van der Waals surface area contributed by atoms with E-state index in [2.05, 4.69) is 29.4 Å². The number of carboxylic acids is 1. The molecule has 0 atom stereocenters. The Morgan fingerprint density at radius 3 is 2.43 bits per heavy atom. The van der Waals surface area contributed by atoms with E-state index in [1.54, 1.807) is 6.07 Å². The van der Waals surface area contributed by atoms with Crippen LogP contribution in [-0.4, -0.2) is 33.6 Å². The van der Waals surface area contributed by atoms with E-state index in [1.165, 1.54) is 44.5 Å². The topological polar surface area (TPSA) is 45.5 Å². The summed E-state index contributed by atoms with van der Waals surface area (Å²) in [6, 6.07) is 7.99. The first kappa shape index (κ1) is 16.1. The van der Waals surface area contributed by atoms with Crippen molar-refractivity contribution in [2.75, 3.05) is 13.1 Å². The second-order valence-electron chi connectivity index (χ2n) is 6.87. The second kappa shape index (κ2) is 6.75. The first-order valence-corrected chi connectivity index (χ1v) is 8.66. The van der Waals surface area contributed by atoms with Gasteiger partial charge in [-0.2, -0.15) is 0 Å². The van der Waals surface area contributed by atoms with Crippen LogP contribution in [0.5, 0.6) is 0 Å². The highest BCUT2D eigenvalue weighted by molar-refractivity contribution is 5.93. The van der Waals surface area contributed by atoms with Crippen LogP contribution in [0.15, 0.2) is 24.3 Å². The summed E-state index contributed by atoms with van der Waals surface area (Å²) in [7, 11) is 0. The molecule has 0 spiro atoms. The van der Waals surface area contributed by atoms with Crippen molar-refractivity contribution in [3.05, 3.63) is 35.5 Å². The summed E-state index contributed by atoms with van der Waals surface area (Å²) in [5.74, 6) is -0.863. The number of carbonyl (C=O) groups is 1. The Morgan fingerprint density at radius 1 is 1.13 bits per heavy atom. The van der Waals surface area contributed by atoms with Crippen LogP contribution >= 0.6 is 0 Å². The Labute approximate surface area is 137 Å². The van der Waals surface area contributed by atoms with Gasteiger partial charge in [-0.05, 0) is 63.4 Å². The van der Waals surface area contributed by atoms with Crippen molar-refractivity contribution >= 4 is 16.9 Å². The van der Waals surface area contributed by atoms with Gasteiger partial charge in [-0.3, -0.25) is 4.90 Å². The lowest BCUT2D eigenvalue weighted by Crippen LogP contribution is -2.25. The Balaban J connectivity index is 1.98. The fraction of sp³-hybridized carbons (Fsp3) is 0.526. The third-order valence-electron chi connectivity index (χ3n) is 4.77. The molecule has 3 rings (SSSR count). The first-order chi connectivity index (χ1) is 11.1.